The molecule has 2 unspecified atom stereocenters. The van der Waals surface area contributed by atoms with Gasteiger partial charge in [0.2, 0.25) is 29.6 Å². The molecule has 1 saturated carbocycles. The third-order valence-corrected chi connectivity index (χ3v) is 16.2. The number of β-amino-alcohol motifs (C(OH)–C–C–N with tert-alkyl or cyclic N) is 1. The number of carbonyl (C=O) groups excluding carboxylic acids is 5. The van der Waals surface area contributed by atoms with Gasteiger partial charge in [-0.2, -0.15) is 4.98 Å². The molecule has 1 aromatic carbocycles. The summed E-state index contributed by atoms with van der Waals surface area (Å²) >= 11 is 1.58. The standard InChI is InChI=1S/C54H70N12O6S/c1-34(36-15-17-37(18-16-36)46-35(2)58-33-73-46)59-50(71)41-28-40(67)31-65(41)51(72)47(53(3,4)5)61-44(68)13-9-6-7-10-14-45(69)64-25-23-63(24-26-64)39-19-20-43(55-30-39)60-52-56-29-38-27-42-49(70)57-32-54(21-11-8-12-22-54)66(42)48(38)62-52/h15-20,27,29-30,33-34,40-41,47,67H,6-14,21-26,28,31-32H2,1-5H3,(H,57,70)(H,59,71)(H,61,68)(H,55,56,60,62)/t34?,40-,41+,47?/m1/s1. The van der Waals surface area contributed by atoms with Crippen molar-refractivity contribution >= 4 is 69.4 Å². The fourth-order valence-electron chi connectivity index (χ4n) is 11.0. The van der Waals surface area contributed by atoms with Gasteiger partial charge in [-0.05, 0) is 74.3 Å². The Hall–Kier alpha value is -6.47. The van der Waals surface area contributed by atoms with Gasteiger partial charge < -0.3 is 45.6 Å². The van der Waals surface area contributed by atoms with E-state index in [4.69, 9.17) is 4.98 Å². The molecule has 19 heteroatoms. The number of hydrogen-bond donors (Lipinski definition) is 5. The van der Waals surface area contributed by atoms with Crippen LogP contribution in [0.15, 0.2) is 60.4 Å². The molecule has 1 aliphatic carbocycles. The zero-order valence-corrected chi connectivity index (χ0v) is 43.6. The van der Waals surface area contributed by atoms with Gasteiger partial charge in [0.05, 0.1) is 45.7 Å². The number of aryl methyl sites for hydroxylation is 1. The van der Waals surface area contributed by atoms with E-state index in [-0.39, 0.29) is 54.6 Å². The Labute approximate surface area is 431 Å². The number of pyridine rings is 1. The second-order valence-electron chi connectivity index (χ2n) is 21.5. The first-order chi connectivity index (χ1) is 35.1. The summed E-state index contributed by atoms with van der Waals surface area (Å²) in [5, 5.41) is 23.9. The molecule has 73 heavy (non-hydrogen) atoms. The predicted octanol–water partition coefficient (Wildman–Crippen LogP) is 6.76. The Morgan fingerprint density at radius 2 is 1.64 bits per heavy atom. The number of anilines is 3. The fourth-order valence-corrected chi connectivity index (χ4v) is 11.8. The Balaban J connectivity index is 0.685. The fraction of sp³-hybridized carbons (Fsp3) is 0.537. The van der Waals surface area contributed by atoms with Gasteiger partial charge in [0.1, 0.15) is 29.2 Å². The van der Waals surface area contributed by atoms with Gasteiger partial charge in [-0.1, -0.05) is 77.1 Å². The number of amides is 5. The molecule has 3 fully saturated rings. The molecule has 18 nitrogen and oxygen atoms in total. The number of aliphatic hydroxyl groups excluding tert-OH is 1. The van der Waals surface area contributed by atoms with Crippen molar-refractivity contribution in [1.29, 1.82) is 0 Å². The van der Waals surface area contributed by atoms with Crippen LogP contribution in [-0.4, -0.2) is 126 Å². The molecular formula is C54H70N12O6S. The van der Waals surface area contributed by atoms with E-state index < -0.39 is 29.5 Å². The summed E-state index contributed by atoms with van der Waals surface area (Å²) in [5.41, 5.74) is 6.31. The molecule has 9 rings (SSSR count). The number of thiazole rings is 1. The first-order valence-electron chi connectivity index (χ1n) is 26.1. The van der Waals surface area contributed by atoms with Crippen LogP contribution >= 0.6 is 11.3 Å². The van der Waals surface area contributed by atoms with Crippen LogP contribution in [0.4, 0.5) is 17.5 Å². The smallest absolute Gasteiger partial charge is 0.268 e. The maximum absolute atomic E-state index is 14.1. The number of likely N-dealkylation sites (tertiary alicyclic amines) is 1. The van der Waals surface area contributed by atoms with E-state index in [1.165, 1.54) is 11.3 Å². The first kappa shape index (κ1) is 51.4. The van der Waals surface area contributed by atoms with Crippen LogP contribution in [-0.2, 0) is 24.7 Å². The van der Waals surface area contributed by atoms with Crippen LogP contribution in [0.3, 0.4) is 0 Å². The number of aliphatic hydroxyl groups is 1. The largest absolute Gasteiger partial charge is 0.391 e. The Morgan fingerprint density at radius 1 is 0.904 bits per heavy atom. The van der Waals surface area contributed by atoms with Crippen LogP contribution < -0.4 is 26.2 Å². The highest BCUT2D eigenvalue weighted by molar-refractivity contribution is 7.13. The third-order valence-electron chi connectivity index (χ3n) is 15.2. The second-order valence-corrected chi connectivity index (χ2v) is 22.4. The van der Waals surface area contributed by atoms with E-state index >= 15 is 0 Å². The van der Waals surface area contributed by atoms with Crippen LogP contribution in [0.25, 0.3) is 21.5 Å². The van der Waals surface area contributed by atoms with Crippen LogP contribution in [0.5, 0.6) is 0 Å². The highest BCUT2D eigenvalue weighted by Crippen LogP contribution is 2.40. The molecule has 0 radical (unpaired) electrons. The summed E-state index contributed by atoms with van der Waals surface area (Å²) in [5.74, 6) is 0.0979. The second kappa shape index (κ2) is 21.9. The number of carbonyl (C=O) groups is 5. The van der Waals surface area contributed by atoms with Gasteiger partial charge in [-0.25, -0.2) is 15.0 Å². The molecule has 5 amide bonds. The average molecular weight is 1020 g/mol. The van der Waals surface area contributed by atoms with Crippen molar-refractivity contribution in [3.8, 4) is 10.4 Å². The predicted molar refractivity (Wildman–Crippen MR) is 281 cm³/mol. The number of fused-ring (bicyclic) bond motifs is 4. The first-order valence-corrected chi connectivity index (χ1v) is 27.0. The lowest BCUT2D eigenvalue weighted by Crippen LogP contribution is -2.57. The average Bonchev–Trinajstić information content (AvgIpc) is 4.12. The minimum Gasteiger partial charge on any atom is -0.391 e. The highest BCUT2D eigenvalue weighted by atomic mass is 32.1. The summed E-state index contributed by atoms with van der Waals surface area (Å²) in [4.78, 5) is 92.3. The van der Waals surface area contributed by atoms with Gasteiger partial charge in [0, 0.05) is 70.1 Å². The van der Waals surface area contributed by atoms with Crippen molar-refractivity contribution < 1.29 is 29.1 Å². The monoisotopic (exact) mass is 1010 g/mol. The van der Waals surface area contributed by atoms with Crippen LogP contribution in [0.1, 0.15) is 133 Å². The molecule has 4 aromatic heterocycles. The maximum atomic E-state index is 14.1. The zero-order chi connectivity index (χ0) is 51.4. The molecular weight excluding hydrogens is 945 g/mol. The molecule has 0 bridgehead atoms. The highest BCUT2D eigenvalue weighted by Gasteiger charge is 2.45. The molecule has 3 aliphatic heterocycles. The lowest BCUT2D eigenvalue weighted by molar-refractivity contribution is -0.144. The number of nitrogens with zero attached hydrogens (tertiary/aromatic N) is 8. The normalized spacial score (nSPS) is 19.6. The van der Waals surface area contributed by atoms with Crippen LogP contribution in [0, 0.1) is 12.3 Å². The number of rotatable bonds is 16. The van der Waals surface area contributed by atoms with Gasteiger partial charge in [0.25, 0.3) is 5.91 Å². The number of hydrogen-bond acceptors (Lipinski definition) is 13. The molecule has 1 spiro atoms. The van der Waals surface area contributed by atoms with E-state index in [1.807, 2.05) is 93.7 Å². The van der Waals surface area contributed by atoms with Crippen molar-refractivity contribution in [2.45, 2.75) is 141 Å². The van der Waals surface area contributed by atoms with E-state index in [0.717, 1.165) is 83.4 Å². The molecule has 4 aliphatic rings. The Kier molecular flexibility index (Phi) is 15.5. The molecule has 7 heterocycles. The van der Waals surface area contributed by atoms with E-state index in [9.17, 15) is 29.1 Å². The summed E-state index contributed by atoms with van der Waals surface area (Å²) < 4.78 is 2.16. The topological polar surface area (TPSA) is 220 Å². The van der Waals surface area contributed by atoms with Crippen molar-refractivity contribution in [2.24, 2.45) is 5.41 Å². The van der Waals surface area contributed by atoms with E-state index in [0.29, 0.717) is 63.0 Å². The number of piperazine rings is 1. The summed E-state index contributed by atoms with van der Waals surface area (Å²) in [6.45, 7) is 12.7. The Morgan fingerprint density at radius 3 is 2.33 bits per heavy atom. The quantitative estimate of drug-likeness (QED) is 0.0648. The van der Waals surface area contributed by atoms with Crippen molar-refractivity contribution in [2.75, 3.05) is 49.5 Å². The van der Waals surface area contributed by atoms with Gasteiger partial charge >= 0.3 is 0 Å². The Bertz CT molecular complexity index is 2790. The number of unbranched alkanes of at least 4 members (excludes halogenated alkanes) is 3. The van der Waals surface area contributed by atoms with Gasteiger partial charge in [-0.15, -0.1) is 11.3 Å². The molecule has 5 aromatic rings. The number of nitrogens with one attached hydrogen (secondary N) is 4. The summed E-state index contributed by atoms with van der Waals surface area (Å²) in [6, 6.07) is 11.7. The number of aromatic nitrogens is 5. The van der Waals surface area contributed by atoms with Gasteiger partial charge in [0.15, 0.2) is 0 Å². The van der Waals surface area contributed by atoms with Crippen molar-refractivity contribution in [1.82, 2.24) is 50.3 Å². The lowest BCUT2D eigenvalue weighted by Gasteiger charge is -2.42. The lowest BCUT2D eigenvalue weighted by atomic mass is 9.80. The minimum atomic E-state index is -0.897. The molecule has 388 valence electrons. The van der Waals surface area contributed by atoms with Crippen molar-refractivity contribution in [3.63, 3.8) is 0 Å². The van der Waals surface area contributed by atoms with Crippen LogP contribution in [0.2, 0.25) is 0 Å². The third kappa shape index (κ3) is 11.5. The summed E-state index contributed by atoms with van der Waals surface area (Å²) in [6.07, 6.45) is 11.9. The maximum Gasteiger partial charge on any atom is 0.268 e. The molecule has 2 saturated heterocycles. The minimum absolute atomic E-state index is 0.00597. The SMILES string of the molecule is Cc1ncsc1-c1ccc(C(C)NC(=O)[C@@H]2C[C@@H](O)CN2C(=O)C(NC(=O)CCCCCCC(=O)N2CCN(c3ccc(Nc4ncc5cc6n(c5n4)C4(CCCCC4)CNC6=O)nc3)CC2)C(C)(C)C)cc1. The number of benzene rings is 1. The van der Waals surface area contributed by atoms with E-state index in [2.05, 4.69) is 45.7 Å². The molecule has 5 N–H and O–H groups in total. The molecule has 4 atom stereocenters. The van der Waals surface area contributed by atoms with Crippen molar-refractivity contribution in [3.05, 3.63) is 77.3 Å². The van der Waals surface area contributed by atoms with E-state index in [1.54, 1.807) is 17.5 Å². The summed E-state index contributed by atoms with van der Waals surface area (Å²) in [7, 11) is 0. The zero-order valence-electron chi connectivity index (χ0n) is 42.8. The van der Waals surface area contributed by atoms with Gasteiger partial charge in [-0.3, -0.25) is 24.0 Å².